The quantitative estimate of drug-likeness (QED) is 0.630. The number of thiophene rings is 1. The van der Waals surface area contributed by atoms with Crippen molar-refractivity contribution in [3.63, 3.8) is 0 Å². The summed E-state index contributed by atoms with van der Waals surface area (Å²) in [5.41, 5.74) is 0.150. The van der Waals surface area contributed by atoms with Gasteiger partial charge in [-0.25, -0.2) is 4.79 Å². The molecular formula is C22H23NO4S. The number of aromatic hydroxyl groups is 1. The van der Waals surface area contributed by atoms with Gasteiger partial charge in [0.05, 0.1) is 4.88 Å². The van der Waals surface area contributed by atoms with Crippen molar-refractivity contribution in [1.29, 1.82) is 0 Å². The zero-order valence-electron chi connectivity index (χ0n) is 16.1. The summed E-state index contributed by atoms with van der Waals surface area (Å²) in [5, 5.41) is 13.3. The standard InChI is InChI=1S/C22H23NO4S/c1-22(2,3)27-21(26)17(12-14-8-10-16(24)11-9-14)23-20(25)19-13-15-6-4-5-7-18(15)28-19/h4-11,13,17,24H,12H2,1-3H3,(H,23,25)/t17-/m0/s1. The van der Waals surface area contributed by atoms with Crippen LogP contribution in [0.5, 0.6) is 5.75 Å². The molecule has 0 bridgehead atoms. The molecule has 2 N–H and O–H groups in total. The molecule has 0 saturated carbocycles. The highest BCUT2D eigenvalue weighted by Crippen LogP contribution is 2.25. The van der Waals surface area contributed by atoms with Crippen LogP contribution in [-0.4, -0.2) is 28.6 Å². The van der Waals surface area contributed by atoms with Crippen molar-refractivity contribution in [3.8, 4) is 5.75 Å². The SMILES string of the molecule is CC(C)(C)OC(=O)[C@H](Cc1ccc(O)cc1)NC(=O)c1cc2ccccc2s1. The lowest BCUT2D eigenvalue weighted by atomic mass is 10.0. The number of phenolic OH excluding ortho intramolecular Hbond substituents is 1. The van der Waals surface area contributed by atoms with Crippen LogP contribution in [0.3, 0.4) is 0 Å². The molecule has 1 atom stereocenters. The van der Waals surface area contributed by atoms with Gasteiger partial charge in [-0.15, -0.1) is 11.3 Å². The number of carbonyl (C=O) groups excluding carboxylic acids is 2. The fourth-order valence-corrected chi connectivity index (χ4v) is 3.72. The lowest BCUT2D eigenvalue weighted by molar-refractivity contribution is -0.157. The summed E-state index contributed by atoms with van der Waals surface area (Å²) >= 11 is 1.38. The van der Waals surface area contributed by atoms with Crippen LogP contribution in [0.2, 0.25) is 0 Å². The minimum Gasteiger partial charge on any atom is -0.508 e. The lowest BCUT2D eigenvalue weighted by Crippen LogP contribution is -2.45. The largest absolute Gasteiger partial charge is 0.508 e. The minimum absolute atomic E-state index is 0.145. The molecule has 6 heteroatoms. The average molecular weight is 397 g/mol. The molecule has 1 aromatic heterocycles. The summed E-state index contributed by atoms with van der Waals surface area (Å²) in [6, 6.07) is 15.3. The molecule has 0 unspecified atom stereocenters. The van der Waals surface area contributed by atoms with E-state index in [1.807, 2.05) is 30.3 Å². The Balaban J connectivity index is 1.81. The van der Waals surface area contributed by atoms with Crippen molar-refractivity contribution in [2.45, 2.75) is 38.8 Å². The monoisotopic (exact) mass is 397 g/mol. The van der Waals surface area contributed by atoms with E-state index in [0.717, 1.165) is 15.6 Å². The molecule has 146 valence electrons. The molecule has 0 radical (unpaired) electrons. The van der Waals surface area contributed by atoms with Crippen molar-refractivity contribution in [2.24, 2.45) is 0 Å². The Morgan fingerprint density at radius 3 is 2.43 bits per heavy atom. The second kappa shape index (κ2) is 8.02. The fraction of sp³-hybridized carbons (Fsp3) is 0.273. The molecule has 0 aliphatic heterocycles. The van der Waals surface area contributed by atoms with Crippen LogP contribution in [0.1, 0.15) is 36.0 Å². The van der Waals surface area contributed by atoms with Gasteiger partial charge >= 0.3 is 5.97 Å². The first-order chi connectivity index (χ1) is 13.2. The van der Waals surface area contributed by atoms with E-state index < -0.39 is 17.6 Å². The molecule has 0 spiro atoms. The molecule has 1 amide bonds. The molecule has 0 saturated heterocycles. The highest BCUT2D eigenvalue weighted by molar-refractivity contribution is 7.20. The smallest absolute Gasteiger partial charge is 0.329 e. The van der Waals surface area contributed by atoms with Crippen molar-refractivity contribution in [1.82, 2.24) is 5.32 Å². The second-order valence-corrected chi connectivity index (χ2v) is 8.66. The summed E-state index contributed by atoms with van der Waals surface area (Å²) < 4.78 is 6.51. The second-order valence-electron chi connectivity index (χ2n) is 7.58. The van der Waals surface area contributed by atoms with Crippen LogP contribution in [0.4, 0.5) is 0 Å². The predicted molar refractivity (Wildman–Crippen MR) is 111 cm³/mol. The first kappa shape index (κ1) is 19.9. The molecule has 1 heterocycles. The number of carbonyl (C=O) groups is 2. The van der Waals surface area contributed by atoms with Crippen molar-refractivity contribution >= 4 is 33.3 Å². The molecule has 3 rings (SSSR count). The lowest BCUT2D eigenvalue weighted by Gasteiger charge is -2.24. The van der Waals surface area contributed by atoms with Gasteiger partial charge in [-0.05, 0) is 56.0 Å². The van der Waals surface area contributed by atoms with Crippen molar-refractivity contribution in [3.05, 3.63) is 65.0 Å². The summed E-state index contributed by atoms with van der Waals surface area (Å²) in [5.74, 6) is -0.655. The van der Waals surface area contributed by atoms with Gasteiger partial charge in [-0.3, -0.25) is 4.79 Å². The molecule has 28 heavy (non-hydrogen) atoms. The Morgan fingerprint density at radius 2 is 1.79 bits per heavy atom. The van der Waals surface area contributed by atoms with E-state index in [-0.39, 0.29) is 18.1 Å². The minimum atomic E-state index is -0.832. The third-order valence-electron chi connectivity index (χ3n) is 4.02. The number of rotatable bonds is 5. The maximum atomic E-state index is 12.8. The molecular weight excluding hydrogens is 374 g/mol. The van der Waals surface area contributed by atoms with Gasteiger partial charge in [-0.2, -0.15) is 0 Å². The molecule has 0 fully saturated rings. The zero-order chi connectivity index (χ0) is 20.3. The number of amides is 1. The molecule has 2 aromatic carbocycles. The Hall–Kier alpha value is -2.86. The summed E-state index contributed by atoms with van der Waals surface area (Å²) in [4.78, 5) is 26.0. The maximum absolute atomic E-state index is 12.8. The van der Waals surface area contributed by atoms with Crippen LogP contribution in [-0.2, 0) is 16.0 Å². The Bertz CT molecular complexity index is 953. The van der Waals surface area contributed by atoms with Crippen molar-refractivity contribution < 1.29 is 19.4 Å². The van der Waals surface area contributed by atoms with Crippen LogP contribution in [0.15, 0.2) is 54.6 Å². The maximum Gasteiger partial charge on any atom is 0.329 e. The Kier molecular flexibility index (Phi) is 5.70. The summed E-state index contributed by atoms with van der Waals surface area (Å²) in [6.07, 6.45) is 0.270. The van der Waals surface area contributed by atoms with Crippen molar-refractivity contribution in [2.75, 3.05) is 0 Å². The predicted octanol–water partition coefficient (Wildman–Crippen LogP) is 4.29. The average Bonchev–Trinajstić information content (AvgIpc) is 3.06. The number of nitrogens with one attached hydrogen (secondary N) is 1. The van der Waals surface area contributed by atoms with Crippen LogP contribution in [0, 0.1) is 0 Å². The number of ether oxygens (including phenoxy) is 1. The van der Waals surface area contributed by atoms with Gasteiger partial charge in [0.15, 0.2) is 0 Å². The first-order valence-corrected chi connectivity index (χ1v) is 9.83. The Labute approximate surface area is 168 Å². The van der Waals surface area contributed by atoms with E-state index in [4.69, 9.17) is 4.74 Å². The van der Waals surface area contributed by atoms with Gasteiger partial charge in [0, 0.05) is 11.1 Å². The van der Waals surface area contributed by atoms with E-state index >= 15 is 0 Å². The highest BCUT2D eigenvalue weighted by Gasteiger charge is 2.27. The van der Waals surface area contributed by atoms with E-state index in [9.17, 15) is 14.7 Å². The van der Waals surface area contributed by atoms with Gasteiger partial charge in [0.25, 0.3) is 5.91 Å². The summed E-state index contributed by atoms with van der Waals surface area (Å²) in [6.45, 7) is 5.36. The molecule has 0 aliphatic rings. The normalized spacial score (nSPS) is 12.5. The number of fused-ring (bicyclic) bond motifs is 1. The van der Waals surface area contributed by atoms with Gasteiger partial charge in [0.2, 0.25) is 0 Å². The summed E-state index contributed by atoms with van der Waals surface area (Å²) in [7, 11) is 0. The molecule has 0 aliphatic carbocycles. The van der Waals surface area contributed by atoms with Crippen LogP contribution < -0.4 is 5.32 Å². The van der Waals surface area contributed by atoms with E-state index in [2.05, 4.69) is 5.32 Å². The first-order valence-electron chi connectivity index (χ1n) is 9.01. The van der Waals surface area contributed by atoms with E-state index in [1.165, 1.54) is 11.3 Å². The van der Waals surface area contributed by atoms with E-state index in [1.54, 1.807) is 45.0 Å². The Morgan fingerprint density at radius 1 is 1.11 bits per heavy atom. The number of hydrogen-bond acceptors (Lipinski definition) is 5. The van der Waals surface area contributed by atoms with Crippen LogP contribution in [0.25, 0.3) is 10.1 Å². The van der Waals surface area contributed by atoms with Crippen LogP contribution >= 0.6 is 11.3 Å². The van der Waals surface area contributed by atoms with Gasteiger partial charge in [-0.1, -0.05) is 30.3 Å². The number of hydrogen-bond donors (Lipinski definition) is 2. The third kappa shape index (κ3) is 5.10. The fourth-order valence-electron chi connectivity index (χ4n) is 2.76. The number of phenols is 1. The highest BCUT2D eigenvalue weighted by atomic mass is 32.1. The number of esters is 1. The zero-order valence-corrected chi connectivity index (χ0v) is 16.9. The topological polar surface area (TPSA) is 75.6 Å². The molecule has 5 nitrogen and oxygen atoms in total. The van der Waals surface area contributed by atoms with Gasteiger partial charge < -0.3 is 15.2 Å². The molecule has 3 aromatic rings. The third-order valence-corrected chi connectivity index (χ3v) is 5.14. The van der Waals surface area contributed by atoms with Gasteiger partial charge in [0.1, 0.15) is 17.4 Å². The van der Waals surface area contributed by atoms with E-state index in [0.29, 0.717) is 4.88 Å². The number of benzene rings is 2.